The number of halogens is 2. The molecule has 3 aromatic heterocycles. The Morgan fingerprint density at radius 3 is 1.40 bits per heavy atom. The zero-order valence-electron chi connectivity index (χ0n) is 38.1. The molecular formula is C57H40Cl2N6O8. The van der Waals surface area contributed by atoms with Gasteiger partial charge in [-0.15, -0.1) is 0 Å². The quantitative estimate of drug-likeness (QED) is 0.0556. The fourth-order valence-electron chi connectivity index (χ4n) is 8.97. The van der Waals surface area contributed by atoms with Gasteiger partial charge in [-0.3, -0.25) is 19.9 Å². The number of nitro benzene ring substituents is 1. The number of nitrogens with zero attached hydrogens (tertiary/aromatic N) is 3. The van der Waals surface area contributed by atoms with Gasteiger partial charge >= 0.3 is 0 Å². The van der Waals surface area contributed by atoms with E-state index in [-0.39, 0.29) is 55.7 Å². The van der Waals surface area contributed by atoms with Gasteiger partial charge in [-0.25, -0.2) is 4.98 Å². The second-order valence-electron chi connectivity index (χ2n) is 17.0. The molecule has 5 heterocycles. The van der Waals surface area contributed by atoms with E-state index < -0.39 is 10.8 Å². The summed E-state index contributed by atoms with van der Waals surface area (Å²) in [6.45, 7) is 0. The van der Waals surface area contributed by atoms with Crippen LogP contribution in [0.4, 0.5) is 11.4 Å². The highest BCUT2D eigenvalue weighted by Crippen LogP contribution is 2.40. The van der Waals surface area contributed by atoms with Crippen LogP contribution in [0.15, 0.2) is 158 Å². The van der Waals surface area contributed by atoms with Crippen molar-refractivity contribution >= 4 is 74.7 Å². The maximum atomic E-state index is 12.0. The van der Waals surface area contributed by atoms with Crippen molar-refractivity contribution in [1.29, 1.82) is 0 Å². The molecule has 0 radical (unpaired) electrons. The van der Waals surface area contributed by atoms with Gasteiger partial charge in [0.05, 0.1) is 44.0 Å². The number of aromatic nitrogens is 4. The standard InChI is InChI=1S/C44H32N4O4.C13H8Cl2N2O4/c49-29-9-1-5-25(21-29)41-33-13-15-35(45-33)42(26-6-2-10-30(50)22-26)37-17-19-39(47-37)44(28-8-4-12-32(52)24-28)40-20-18-38(48-40)43(36-16-14-34(41)46-36)27-7-3-11-31(51)23-27;14-7-1-4-12(18)9(5-7)13(19)16-11-3-2-8(17(20)21)6-10(11)15/h1-17,19,21-24,46-47,49-52H,18,20H2;1-6,18H,(H,16,19). The van der Waals surface area contributed by atoms with E-state index in [1.807, 2.05) is 84.9 Å². The van der Waals surface area contributed by atoms with Crippen molar-refractivity contribution in [2.45, 2.75) is 12.8 Å². The van der Waals surface area contributed by atoms with E-state index in [2.05, 4.69) is 15.3 Å². The van der Waals surface area contributed by atoms with Crippen molar-refractivity contribution in [2.24, 2.45) is 0 Å². The number of amides is 1. The number of nitrogens with one attached hydrogen (secondary N) is 3. The number of hydrogen-bond acceptors (Lipinski definition) is 10. The molecule has 2 aliphatic heterocycles. The number of aryl methyl sites for hydroxylation is 2. The summed E-state index contributed by atoms with van der Waals surface area (Å²) in [6.07, 6.45) is 5.21. The normalized spacial score (nSPS) is 11.7. The summed E-state index contributed by atoms with van der Waals surface area (Å²) in [7, 11) is 0. The monoisotopic (exact) mass is 1010 g/mol. The number of non-ortho nitro benzene ring substituents is 1. The second-order valence-corrected chi connectivity index (χ2v) is 17.9. The first kappa shape index (κ1) is 47.3. The molecule has 2 aliphatic rings. The number of phenolic OH excluding ortho intramolecular Hbond substituents is 5. The summed E-state index contributed by atoms with van der Waals surface area (Å²) in [5.41, 5.74) is 12.7. The smallest absolute Gasteiger partial charge is 0.271 e. The molecule has 11 rings (SSSR count). The molecule has 73 heavy (non-hydrogen) atoms. The Morgan fingerprint density at radius 1 is 0.534 bits per heavy atom. The number of carbonyl (C=O) groups excluding carboxylic acids is 1. The number of benzene rings is 6. The van der Waals surface area contributed by atoms with Crippen LogP contribution in [0.5, 0.6) is 28.7 Å². The lowest BCUT2D eigenvalue weighted by atomic mass is 10.0. The molecule has 1 amide bonds. The summed E-state index contributed by atoms with van der Waals surface area (Å²) < 4.78 is 0. The van der Waals surface area contributed by atoms with Crippen molar-refractivity contribution in [3.05, 3.63) is 206 Å². The molecule has 8 bridgehead atoms. The average Bonchev–Trinajstić information content (AvgIpc) is 4.22. The third-order valence-electron chi connectivity index (χ3n) is 12.2. The van der Waals surface area contributed by atoms with Gasteiger partial charge in [0.2, 0.25) is 0 Å². The maximum Gasteiger partial charge on any atom is 0.271 e. The zero-order valence-corrected chi connectivity index (χ0v) is 39.7. The number of rotatable bonds is 7. The fourth-order valence-corrected chi connectivity index (χ4v) is 9.36. The van der Waals surface area contributed by atoms with Crippen LogP contribution >= 0.6 is 23.2 Å². The van der Waals surface area contributed by atoms with E-state index in [0.717, 1.165) is 84.0 Å². The van der Waals surface area contributed by atoms with Crippen LogP contribution in [0.2, 0.25) is 10.0 Å². The first-order chi connectivity index (χ1) is 35.3. The third-order valence-corrected chi connectivity index (χ3v) is 12.7. The van der Waals surface area contributed by atoms with Crippen molar-refractivity contribution in [3.63, 3.8) is 0 Å². The third kappa shape index (κ3) is 9.88. The largest absolute Gasteiger partial charge is 0.508 e. The lowest BCUT2D eigenvalue weighted by molar-refractivity contribution is -0.384. The molecule has 0 unspecified atom stereocenters. The summed E-state index contributed by atoms with van der Waals surface area (Å²) in [4.78, 5) is 39.9. The predicted octanol–water partition coefficient (Wildman–Crippen LogP) is 13.6. The Labute approximate surface area is 425 Å². The predicted molar refractivity (Wildman–Crippen MR) is 285 cm³/mol. The Kier molecular flexibility index (Phi) is 12.8. The molecule has 6 aromatic carbocycles. The first-order valence-corrected chi connectivity index (χ1v) is 23.4. The first-order valence-electron chi connectivity index (χ1n) is 22.6. The van der Waals surface area contributed by atoms with Gasteiger partial charge in [-0.05, 0) is 144 Å². The molecule has 14 nitrogen and oxygen atoms in total. The Morgan fingerprint density at radius 2 is 0.973 bits per heavy atom. The molecule has 0 saturated heterocycles. The molecule has 16 heteroatoms. The molecule has 0 saturated carbocycles. The minimum Gasteiger partial charge on any atom is -0.508 e. The van der Waals surface area contributed by atoms with Crippen LogP contribution in [0.1, 0.15) is 33.1 Å². The molecule has 360 valence electrons. The van der Waals surface area contributed by atoms with Crippen molar-refractivity contribution in [3.8, 4) is 73.3 Å². The van der Waals surface area contributed by atoms with Crippen LogP contribution in [0.3, 0.4) is 0 Å². The Bertz CT molecular complexity index is 3720. The lowest BCUT2D eigenvalue weighted by Gasteiger charge is -2.08. The van der Waals surface area contributed by atoms with Crippen LogP contribution in [0, 0.1) is 10.1 Å². The van der Waals surface area contributed by atoms with Crippen molar-refractivity contribution < 1.29 is 35.3 Å². The van der Waals surface area contributed by atoms with Crippen LogP contribution in [0.25, 0.3) is 78.7 Å². The minimum atomic E-state index is -0.634. The highest BCUT2D eigenvalue weighted by molar-refractivity contribution is 6.34. The lowest BCUT2D eigenvalue weighted by Crippen LogP contribution is -2.12. The van der Waals surface area contributed by atoms with E-state index in [9.17, 15) is 40.4 Å². The number of fused-ring (bicyclic) bond motifs is 8. The molecule has 0 aliphatic carbocycles. The van der Waals surface area contributed by atoms with Gasteiger partial charge in [0.25, 0.3) is 11.6 Å². The van der Waals surface area contributed by atoms with E-state index >= 15 is 0 Å². The number of carbonyl (C=O) groups is 1. The Balaban J connectivity index is 0.000000245. The molecule has 0 fully saturated rings. The number of aromatic hydroxyl groups is 5. The maximum absolute atomic E-state index is 12.0. The van der Waals surface area contributed by atoms with Crippen molar-refractivity contribution in [1.82, 2.24) is 19.9 Å². The topological polar surface area (TPSA) is 231 Å². The number of nitro groups is 1. The minimum absolute atomic E-state index is 0.0130. The number of H-pyrrole nitrogens is 2. The van der Waals surface area contributed by atoms with E-state index in [1.165, 1.54) is 30.3 Å². The van der Waals surface area contributed by atoms with Gasteiger partial charge in [0, 0.05) is 61.5 Å². The van der Waals surface area contributed by atoms with Gasteiger partial charge < -0.3 is 40.8 Å². The van der Waals surface area contributed by atoms with Gasteiger partial charge in [0.15, 0.2) is 0 Å². The SMILES string of the molecule is O=C(Nc1ccc([N+](=O)[O-])cc1Cl)c1cc(Cl)ccc1O.Oc1cccc(-c2c3nc(c(-c4cccc(O)c4)c4ccc([nH]4)c(-c4cccc(O)c4)c4nc(c(-c5cccc(O)c5)c5ccc2[nH]5)CC4)C=C3)c1. The van der Waals surface area contributed by atoms with Gasteiger partial charge in [-0.1, -0.05) is 71.7 Å². The van der Waals surface area contributed by atoms with Crippen molar-refractivity contribution in [2.75, 3.05) is 5.32 Å². The number of aromatic amines is 2. The van der Waals surface area contributed by atoms with Gasteiger partial charge in [-0.2, -0.15) is 0 Å². The molecule has 9 aromatic rings. The molecule has 8 N–H and O–H groups in total. The number of phenols is 5. The Hall–Kier alpha value is -9.37. The molecule has 0 atom stereocenters. The summed E-state index contributed by atoms with van der Waals surface area (Å²) in [5, 5.41) is 65.3. The van der Waals surface area contributed by atoms with Gasteiger partial charge in [0.1, 0.15) is 28.7 Å². The zero-order chi connectivity index (χ0) is 50.9. The second kappa shape index (κ2) is 19.8. The van der Waals surface area contributed by atoms with E-state index in [0.29, 0.717) is 24.2 Å². The number of anilines is 1. The number of hydrogen-bond donors (Lipinski definition) is 8. The fraction of sp³-hybridized carbons (Fsp3) is 0.0351. The summed E-state index contributed by atoms with van der Waals surface area (Å²) in [6, 6.07) is 44.3. The average molecular weight is 1010 g/mol. The van der Waals surface area contributed by atoms with E-state index in [1.54, 1.807) is 48.5 Å². The highest BCUT2D eigenvalue weighted by atomic mass is 35.5. The van der Waals surface area contributed by atoms with E-state index in [4.69, 9.17) is 33.2 Å². The summed E-state index contributed by atoms with van der Waals surface area (Å²) >= 11 is 11.6. The van der Waals surface area contributed by atoms with Crippen LogP contribution in [-0.4, -0.2) is 56.3 Å². The van der Waals surface area contributed by atoms with Crippen LogP contribution < -0.4 is 5.32 Å². The molecule has 0 spiro atoms. The van der Waals surface area contributed by atoms with Crippen LogP contribution in [-0.2, 0) is 12.8 Å². The molecular weight excluding hydrogens is 968 g/mol. The summed E-state index contributed by atoms with van der Waals surface area (Å²) in [5.74, 6) is -0.304. The highest BCUT2D eigenvalue weighted by Gasteiger charge is 2.22.